The van der Waals surface area contributed by atoms with E-state index < -0.39 is 0 Å². The summed E-state index contributed by atoms with van der Waals surface area (Å²) < 4.78 is 0. The average molecular weight is 241 g/mol. The summed E-state index contributed by atoms with van der Waals surface area (Å²) in [5.74, 6) is 0.728. The van der Waals surface area contributed by atoms with Gasteiger partial charge in [0.25, 0.3) is 0 Å². The molecule has 0 spiro atoms. The fourth-order valence-corrected chi connectivity index (χ4v) is 1.81. The first-order chi connectivity index (χ1) is 7.50. The third-order valence-corrected chi connectivity index (χ3v) is 3.03. The summed E-state index contributed by atoms with van der Waals surface area (Å²) >= 11 is 6.13. The van der Waals surface area contributed by atoms with Crippen molar-refractivity contribution in [1.29, 1.82) is 0 Å². The van der Waals surface area contributed by atoms with E-state index in [1.807, 2.05) is 18.2 Å². The maximum Gasteiger partial charge on any atom is 0.0471 e. The van der Waals surface area contributed by atoms with Crippen molar-refractivity contribution in [2.75, 3.05) is 19.3 Å². The minimum Gasteiger partial charge on any atom is -0.398 e. The van der Waals surface area contributed by atoms with Gasteiger partial charge in [0.1, 0.15) is 0 Å². The number of nitrogens with two attached hydrogens (primary N) is 1. The SMILES string of the molecule is CC(C)CCN(C)Cc1c(N)cccc1Cl. The number of benzene rings is 1. The Morgan fingerprint density at radius 3 is 2.62 bits per heavy atom. The van der Waals surface area contributed by atoms with Gasteiger partial charge in [-0.05, 0) is 38.1 Å². The third-order valence-electron chi connectivity index (χ3n) is 2.67. The smallest absolute Gasteiger partial charge is 0.0471 e. The Labute approximate surface area is 103 Å². The van der Waals surface area contributed by atoms with Gasteiger partial charge in [0, 0.05) is 22.8 Å². The molecule has 0 atom stereocenters. The molecule has 90 valence electrons. The highest BCUT2D eigenvalue weighted by atomic mass is 35.5. The van der Waals surface area contributed by atoms with Crippen LogP contribution in [0.4, 0.5) is 5.69 Å². The minimum absolute atomic E-state index is 0.728. The molecule has 0 saturated carbocycles. The Balaban J connectivity index is 2.59. The topological polar surface area (TPSA) is 29.3 Å². The van der Waals surface area contributed by atoms with Crippen molar-refractivity contribution in [1.82, 2.24) is 4.90 Å². The van der Waals surface area contributed by atoms with E-state index in [9.17, 15) is 0 Å². The van der Waals surface area contributed by atoms with Crippen molar-refractivity contribution >= 4 is 17.3 Å². The van der Waals surface area contributed by atoms with Crippen molar-refractivity contribution < 1.29 is 0 Å². The fourth-order valence-electron chi connectivity index (χ4n) is 1.57. The predicted molar refractivity (Wildman–Crippen MR) is 71.7 cm³/mol. The van der Waals surface area contributed by atoms with Crippen LogP contribution in [0.5, 0.6) is 0 Å². The van der Waals surface area contributed by atoms with Crippen molar-refractivity contribution in [3.8, 4) is 0 Å². The molecule has 0 fully saturated rings. The Kier molecular flexibility index (Phi) is 5.10. The molecule has 2 N–H and O–H groups in total. The van der Waals surface area contributed by atoms with Crippen LogP contribution in [0.3, 0.4) is 0 Å². The molecule has 2 nitrogen and oxygen atoms in total. The molecule has 1 rings (SSSR count). The molecule has 0 bridgehead atoms. The summed E-state index contributed by atoms with van der Waals surface area (Å²) in [7, 11) is 2.10. The van der Waals surface area contributed by atoms with E-state index in [0.717, 1.165) is 35.3 Å². The lowest BCUT2D eigenvalue weighted by Crippen LogP contribution is -2.21. The quantitative estimate of drug-likeness (QED) is 0.800. The van der Waals surface area contributed by atoms with Crippen molar-refractivity contribution in [3.05, 3.63) is 28.8 Å². The van der Waals surface area contributed by atoms with Crippen molar-refractivity contribution in [3.63, 3.8) is 0 Å². The van der Waals surface area contributed by atoms with Gasteiger partial charge in [0.2, 0.25) is 0 Å². The van der Waals surface area contributed by atoms with E-state index in [0.29, 0.717) is 0 Å². The average Bonchev–Trinajstić information content (AvgIpc) is 2.21. The zero-order valence-electron chi connectivity index (χ0n) is 10.3. The van der Waals surface area contributed by atoms with Crippen LogP contribution in [0, 0.1) is 5.92 Å². The fraction of sp³-hybridized carbons (Fsp3) is 0.538. The Morgan fingerprint density at radius 1 is 1.38 bits per heavy atom. The number of rotatable bonds is 5. The zero-order valence-corrected chi connectivity index (χ0v) is 11.1. The minimum atomic E-state index is 0.728. The molecule has 0 saturated heterocycles. The van der Waals surface area contributed by atoms with Gasteiger partial charge in [-0.3, -0.25) is 0 Å². The summed E-state index contributed by atoms with van der Waals surface area (Å²) in [5, 5.41) is 0.761. The standard InChI is InChI=1S/C13H21ClN2/c1-10(2)7-8-16(3)9-11-12(14)5-4-6-13(11)15/h4-6,10H,7-9,15H2,1-3H3. The van der Waals surface area contributed by atoms with Crippen molar-refractivity contribution in [2.45, 2.75) is 26.8 Å². The molecule has 16 heavy (non-hydrogen) atoms. The Bertz CT molecular complexity index is 316. The van der Waals surface area contributed by atoms with Gasteiger partial charge in [-0.1, -0.05) is 31.5 Å². The number of hydrogen-bond donors (Lipinski definition) is 1. The molecular weight excluding hydrogens is 220 g/mol. The van der Waals surface area contributed by atoms with Gasteiger partial charge >= 0.3 is 0 Å². The highest BCUT2D eigenvalue weighted by molar-refractivity contribution is 6.31. The first-order valence-electron chi connectivity index (χ1n) is 5.72. The Hall–Kier alpha value is -0.730. The van der Waals surface area contributed by atoms with E-state index in [1.54, 1.807) is 0 Å². The molecule has 0 heterocycles. The maximum absolute atomic E-state index is 6.13. The molecule has 0 unspecified atom stereocenters. The zero-order chi connectivity index (χ0) is 12.1. The first kappa shape index (κ1) is 13.3. The molecule has 1 aromatic rings. The van der Waals surface area contributed by atoms with Crippen LogP contribution in [0.1, 0.15) is 25.8 Å². The predicted octanol–water partition coefficient (Wildman–Crippen LogP) is 3.40. The molecule has 1 aromatic carbocycles. The largest absolute Gasteiger partial charge is 0.398 e. The lowest BCUT2D eigenvalue weighted by atomic mass is 10.1. The van der Waals surface area contributed by atoms with Crippen LogP contribution < -0.4 is 5.73 Å². The van der Waals surface area contributed by atoms with E-state index >= 15 is 0 Å². The molecule has 0 amide bonds. The summed E-state index contributed by atoms with van der Waals surface area (Å²) in [5.41, 5.74) is 7.73. The van der Waals surface area contributed by atoms with Gasteiger partial charge in [-0.25, -0.2) is 0 Å². The molecule has 0 aliphatic rings. The lowest BCUT2D eigenvalue weighted by molar-refractivity contribution is 0.304. The van der Waals surface area contributed by atoms with Crippen LogP contribution in [-0.2, 0) is 6.54 Å². The summed E-state index contributed by atoms with van der Waals surface area (Å²) in [6.07, 6.45) is 1.20. The van der Waals surface area contributed by atoms with E-state index in [4.69, 9.17) is 17.3 Å². The van der Waals surface area contributed by atoms with Gasteiger partial charge in [0.05, 0.1) is 0 Å². The molecule has 0 aromatic heterocycles. The number of halogens is 1. The summed E-state index contributed by atoms with van der Waals surface area (Å²) in [6.45, 7) is 6.36. The second kappa shape index (κ2) is 6.12. The van der Waals surface area contributed by atoms with Gasteiger partial charge in [-0.15, -0.1) is 0 Å². The number of nitrogen functional groups attached to an aromatic ring is 1. The molecule has 0 aliphatic carbocycles. The molecule has 0 radical (unpaired) electrons. The molecule has 0 aliphatic heterocycles. The number of hydrogen-bond acceptors (Lipinski definition) is 2. The normalized spacial score (nSPS) is 11.4. The van der Waals surface area contributed by atoms with Gasteiger partial charge in [0.15, 0.2) is 0 Å². The van der Waals surface area contributed by atoms with E-state index in [-0.39, 0.29) is 0 Å². The van der Waals surface area contributed by atoms with E-state index in [2.05, 4.69) is 25.8 Å². The van der Waals surface area contributed by atoms with Crippen LogP contribution in [-0.4, -0.2) is 18.5 Å². The van der Waals surface area contributed by atoms with Crippen LogP contribution in [0.2, 0.25) is 5.02 Å². The highest BCUT2D eigenvalue weighted by Crippen LogP contribution is 2.23. The number of anilines is 1. The monoisotopic (exact) mass is 240 g/mol. The lowest BCUT2D eigenvalue weighted by Gasteiger charge is -2.19. The number of nitrogens with zero attached hydrogens (tertiary/aromatic N) is 1. The van der Waals surface area contributed by atoms with Crippen LogP contribution in [0.25, 0.3) is 0 Å². The van der Waals surface area contributed by atoms with E-state index in [1.165, 1.54) is 6.42 Å². The molecule has 3 heteroatoms. The maximum atomic E-state index is 6.13. The first-order valence-corrected chi connectivity index (χ1v) is 6.10. The second-order valence-corrected chi connectivity index (χ2v) is 5.14. The van der Waals surface area contributed by atoms with Crippen LogP contribution >= 0.6 is 11.6 Å². The second-order valence-electron chi connectivity index (χ2n) is 4.73. The third kappa shape index (κ3) is 4.03. The summed E-state index contributed by atoms with van der Waals surface area (Å²) in [6, 6.07) is 5.68. The van der Waals surface area contributed by atoms with Crippen LogP contribution in [0.15, 0.2) is 18.2 Å². The molecular formula is C13H21ClN2. The summed E-state index contributed by atoms with van der Waals surface area (Å²) in [4.78, 5) is 2.26. The van der Waals surface area contributed by atoms with Gasteiger partial charge < -0.3 is 10.6 Å². The Morgan fingerprint density at radius 2 is 2.06 bits per heavy atom. The van der Waals surface area contributed by atoms with Gasteiger partial charge in [-0.2, -0.15) is 0 Å². The highest BCUT2D eigenvalue weighted by Gasteiger charge is 2.08. The van der Waals surface area contributed by atoms with Crippen molar-refractivity contribution in [2.24, 2.45) is 5.92 Å².